The van der Waals surface area contributed by atoms with E-state index in [1.807, 2.05) is 12.1 Å². The number of hydrogen-bond acceptors (Lipinski definition) is 8. The molecule has 0 spiro atoms. The number of nitrogens with two attached hydrogens (primary N) is 1. The monoisotopic (exact) mass is 587 g/mol. The molecule has 2 atom stereocenters. The van der Waals surface area contributed by atoms with Crippen LogP contribution in [0.15, 0.2) is 49.3 Å². The first-order chi connectivity index (χ1) is 20.8. The van der Waals surface area contributed by atoms with Crippen molar-refractivity contribution in [2.75, 3.05) is 37.4 Å². The fourth-order valence-corrected chi connectivity index (χ4v) is 6.14. The number of nitrogens with zero attached hydrogens (tertiary/aromatic N) is 4. The Labute approximate surface area is 248 Å². The van der Waals surface area contributed by atoms with E-state index >= 15 is 4.39 Å². The molecule has 1 aromatic heterocycles. The smallest absolute Gasteiger partial charge is 0.258 e. The molecule has 1 saturated heterocycles. The third-order valence-corrected chi connectivity index (χ3v) is 8.57. The van der Waals surface area contributed by atoms with Gasteiger partial charge in [0.15, 0.2) is 11.6 Å². The van der Waals surface area contributed by atoms with E-state index in [-0.39, 0.29) is 59.1 Å². The van der Waals surface area contributed by atoms with Crippen LogP contribution in [0.2, 0.25) is 0 Å². The van der Waals surface area contributed by atoms with Gasteiger partial charge in [-0.2, -0.15) is 0 Å². The molecule has 3 aliphatic rings. The van der Waals surface area contributed by atoms with Crippen molar-refractivity contribution in [1.82, 2.24) is 14.9 Å². The standard InChI is InChI=1S/C32H34FN5O5/c1-3-28(40)38-14-23(42-2)13-22(38)16-43-30-29(35-17-36-31(30)34)25-11-21(33)12-27(26(25)15-39)37-9-8-20-10-19(18-4-5-18)6-7-24(20)32(37)41/h3,6-7,10-12,17-18,22-23,39H,1,4-5,8-9,13-16H2,2H3,(H2,34,35,36)/t22-,23-/m1/s1. The number of aliphatic hydroxyl groups is 1. The van der Waals surface area contributed by atoms with Crippen LogP contribution in [0.3, 0.4) is 0 Å². The predicted molar refractivity (Wildman–Crippen MR) is 158 cm³/mol. The highest BCUT2D eigenvalue weighted by Gasteiger charge is 2.36. The Morgan fingerprint density at radius 3 is 2.77 bits per heavy atom. The SMILES string of the molecule is C=CC(=O)N1C[C@H](OC)C[C@@H]1COc1c(N)ncnc1-c1cc(F)cc(N2CCc3cc(C4CC4)ccc3C2=O)c1CO. The summed E-state index contributed by atoms with van der Waals surface area (Å²) in [6.07, 6.45) is 5.79. The molecule has 224 valence electrons. The average molecular weight is 588 g/mol. The Morgan fingerprint density at radius 2 is 2.05 bits per heavy atom. The van der Waals surface area contributed by atoms with E-state index < -0.39 is 12.4 Å². The molecule has 3 heterocycles. The summed E-state index contributed by atoms with van der Waals surface area (Å²) in [7, 11) is 1.58. The van der Waals surface area contributed by atoms with Gasteiger partial charge in [-0.15, -0.1) is 0 Å². The predicted octanol–water partition coefficient (Wildman–Crippen LogP) is 3.62. The third-order valence-electron chi connectivity index (χ3n) is 8.57. The molecule has 2 amide bonds. The van der Waals surface area contributed by atoms with Gasteiger partial charge in [-0.05, 0) is 67.0 Å². The van der Waals surface area contributed by atoms with Crippen LogP contribution in [0, 0.1) is 5.82 Å². The number of carbonyl (C=O) groups is 2. The quantitative estimate of drug-likeness (QED) is 0.363. The molecule has 2 aliphatic heterocycles. The number of halogens is 1. The average Bonchev–Trinajstić information content (AvgIpc) is 3.79. The lowest BCUT2D eigenvalue weighted by molar-refractivity contribution is -0.127. The van der Waals surface area contributed by atoms with Crippen LogP contribution in [0.5, 0.6) is 5.75 Å². The van der Waals surface area contributed by atoms with E-state index in [0.29, 0.717) is 43.0 Å². The molecule has 0 unspecified atom stereocenters. The lowest BCUT2D eigenvalue weighted by Crippen LogP contribution is -2.38. The van der Waals surface area contributed by atoms with Crippen molar-refractivity contribution < 1.29 is 28.6 Å². The largest absolute Gasteiger partial charge is 0.485 e. The van der Waals surface area contributed by atoms with Gasteiger partial charge in [-0.25, -0.2) is 14.4 Å². The van der Waals surface area contributed by atoms with E-state index in [1.165, 1.54) is 47.8 Å². The molecular formula is C32H34FN5O5. The number of ether oxygens (including phenoxy) is 2. The van der Waals surface area contributed by atoms with Gasteiger partial charge in [0.25, 0.3) is 5.91 Å². The minimum Gasteiger partial charge on any atom is -0.485 e. The van der Waals surface area contributed by atoms with Crippen molar-refractivity contribution in [3.8, 4) is 17.0 Å². The molecule has 3 N–H and O–H groups in total. The Morgan fingerprint density at radius 1 is 1.23 bits per heavy atom. The maximum atomic E-state index is 15.3. The van der Waals surface area contributed by atoms with E-state index in [2.05, 4.69) is 22.6 Å². The second kappa shape index (κ2) is 11.7. The van der Waals surface area contributed by atoms with Crippen LogP contribution in [0.4, 0.5) is 15.9 Å². The fourth-order valence-electron chi connectivity index (χ4n) is 6.14. The van der Waals surface area contributed by atoms with Gasteiger partial charge in [0.2, 0.25) is 5.91 Å². The van der Waals surface area contributed by atoms with E-state index in [0.717, 1.165) is 5.56 Å². The molecule has 0 radical (unpaired) electrons. The maximum absolute atomic E-state index is 15.3. The second-order valence-corrected chi connectivity index (χ2v) is 11.2. The lowest BCUT2D eigenvalue weighted by Gasteiger charge is -2.31. The topological polar surface area (TPSA) is 131 Å². The lowest BCUT2D eigenvalue weighted by atomic mass is 9.93. The van der Waals surface area contributed by atoms with Gasteiger partial charge < -0.3 is 30.1 Å². The van der Waals surface area contributed by atoms with Crippen LogP contribution in [-0.2, 0) is 22.6 Å². The number of rotatable bonds is 9. The second-order valence-electron chi connectivity index (χ2n) is 11.2. The molecule has 43 heavy (non-hydrogen) atoms. The van der Waals surface area contributed by atoms with Gasteiger partial charge in [0.05, 0.1) is 24.4 Å². The molecule has 1 saturated carbocycles. The minimum absolute atomic E-state index is 0.0111. The van der Waals surface area contributed by atoms with Crippen LogP contribution < -0.4 is 15.4 Å². The molecule has 11 heteroatoms. The Balaban J connectivity index is 1.33. The molecule has 2 fully saturated rings. The molecule has 6 rings (SSSR count). The zero-order chi connectivity index (χ0) is 30.2. The van der Waals surface area contributed by atoms with Crippen molar-refractivity contribution in [2.24, 2.45) is 0 Å². The summed E-state index contributed by atoms with van der Waals surface area (Å²) in [5.74, 6) is -0.452. The van der Waals surface area contributed by atoms with Crippen LogP contribution >= 0.6 is 0 Å². The summed E-state index contributed by atoms with van der Waals surface area (Å²) in [6, 6.07) is 8.11. The van der Waals surface area contributed by atoms with Crippen molar-refractivity contribution in [3.63, 3.8) is 0 Å². The normalized spacial score (nSPS) is 19.8. The summed E-state index contributed by atoms with van der Waals surface area (Å²) < 4.78 is 26.9. The number of carbonyl (C=O) groups excluding carboxylic acids is 2. The maximum Gasteiger partial charge on any atom is 0.258 e. The minimum atomic E-state index is -0.616. The number of likely N-dealkylation sites (tertiary alicyclic amines) is 1. The number of methoxy groups -OCH3 is 1. The van der Waals surface area contributed by atoms with Crippen LogP contribution in [0.1, 0.15) is 52.2 Å². The first-order valence-electron chi connectivity index (χ1n) is 14.4. The van der Waals surface area contributed by atoms with E-state index in [4.69, 9.17) is 15.2 Å². The van der Waals surface area contributed by atoms with Gasteiger partial charge in [-0.1, -0.05) is 18.7 Å². The molecule has 1 aliphatic carbocycles. The van der Waals surface area contributed by atoms with Gasteiger partial charge in [0, 0.05) is 36.9 Å². The summed E-state index contributed by atoms with van der Waals surface area (Å²) >= 11 is 0. The first kappa shape index (κ1) is 28.8. The zero-order valence-corrected chi connectivity index (χ0v) is 24.0. The highest BCUT2D eigenvalue weighted by atomic mass is 19.1. The Bertz CT molecular complexity index is 1590. The molecule has 0 bridgehead atoms. The van der Waals surface area contributed by atoms with Crippen molar-refractivity contribution >= 4 is 23.3 Å². The number of benzene rings is 2. The summed E-state index contributed by atoms with van der Waals surface area (Å²) in [5.41, 5.74) is 9.99. The summed E-state index contributed by atoms with van der Waals surface area (Å²) in [5, 5.41) is 10.6. The van der Waals surface area contributed by atoms with Gasteiger partial charge in [-0.3, -0.25) is 9.59 Å². The van der Waals surface area contributed by atoms with E-state index in [9.17, 15) is 14.7 Å². The van der Waals surface area contributed by atoms with Crippen LogP contribution in [0.25, 0.3) is 11.3 Å². The van der Waals surface area contributed by atoms with Crippen molar-refractivity contribution in [3.05, 3.63) is 77.4 Å². The highest BCUT2D eigenvalue weighted by Crippen LogP contribution is 2.42. The van der Waals surface area contributed by atoms with Crippen molar-refractivity contribution in [2.45, 2.75) is 50.4 Å². The number of fused-ring (bicyclic) bond motifs is 1. The number of amides is 2. The molecule has 10 nitrogen and oxygen atoms in total. The Hall–Kier alpha value is -4.35. The number of hydrogen-bond donors (Lipinski definition) is 2. The number of nitrogen functional groups attached to an aromatic ring is 1. The number of aliphatic hydroxyl groups excluding tert-OH is 1. The number of anilines is 2. The molecule has 3 aromatic rings. The summed E-state index contributed by atoms with van der Waals surface area (Å²) in [6.45, 7) is 3.86. The molecule has 2 aromatic carbocycles. The Kier molecular flexibility index (Phi) is 7.85. The highest BCUT2D eigenvalue weighted by molar-refractivity contribution is 6.09. The third kappa shape index (κ3) is 5.46. The molecular weight excluding hydrogens is 553 g/mol. The first-order valence-corrected chi connectivity index (χ1v) is 14.4. The van der Waals surface area contributed by atoms with Crippen LogP contribution in [-0.4, -0.2) is 70.7 Å². The number of aromatic nitrogens is 2. The van der Waals surface area contributed by atoms with Crippen molar-refractivity contribution in [1.29, 1.82) is 0 Å². The summed E-state index contributed by atoms with van der Waals surface area (Å²) in [4.78, 5) is 37.7. The fraction of sp³-hybridized carbons (Fsp3) is 0.375. The van der Waals surface area contributed by atoms with Gasteiger partial charge in [0.1, 0.15) is 24.4 Å². The zero-order valence-electron chi connectivity index (χ0n) is 24.0. The van der Waals surface area contributed by atoms with Gasteiger partial charge >= 0.3 is 0 Å². The van der Waals surface area contributed by atoms with E-state index in [1.54, 1.807) is 12.0 Å².